The molecule has 1 fully saturated rings. The lowest BCUT2D eigenvalue weighted by Gasteiger charge is -2.31. The number of H-pyrrole nitrogens is 1. The smallest absolute Gasteiger partial charge is 0.264 e. The molecule has 0 bridgehead atoms. The molecular weight excluding hydrogens is 312 g/mol. The molecule has 1 aliphatic heterocycles. The number of hydrogen-bond acceptors (Lipinski definition) is 5. The minimum absolute atomic E-state index is 0.186. The molecule has 1 atom stereocenters. The van der Waals surface area contributed by atoms with Crippen LogP contribution in [0, 0.1) is 12.8 Å². The monoisotopic (exact) mass is 330 g/mol. The van der Waals surface area contributed by atoms with Gasteiger partial charge in [-0.25, -0.2) is 9.78 Å². The summed E-state index contributed by atoms with van der Waals surface area (Å²) in [6.07, 6.45) is 2.92. The summed E-state index contributed by atoms with van der Waals surface area (Å²) in [6.45, 7) is 2.67. The number of nitrogens with zero attached hydrogens (tertiary/aromatic N) is 4. The lowest BCUT2D eigenvalue weighted by molar-refractivity contribution is -0.123. The summed E-state index contributed by atoms with van der Waals surface area (Å²) in [5.74, 6) is -0.454. The van der Waals surface area contributed by atoms with Gasteiger partial charge in [0.25, 0.3) is 11.5 Å². The Bertz CT molecular complexity index is 819. The molecule has 126 valence electrons. The van der Waals surface area contributed by atoms with Crippen molar-refractivity contribution in [3.05, 3.63) is 39.9 Å². The van der Waals surface area contributed by atoms with E-state index >= 15 is 0 Å². The maximum Gasteiger partial charge on any atom is 0.264 e. The van der Waals surface area contributed by atoms with E-state index in [0.29, 0.717) is 36.6 Å². The zero-order valence-corrected chi connectivity index (χ0v) is 13.2. The maximum atomic E-state index is 12.7. The van der Waals surface area contributed by atoms with Gasteiger partial charge in [-0.05, 0) is 25.8 Å². The molecule has 2 aromatic heterocycles. The molecular formula is C15H18N6O3. The molecule has 0 aromatic carbocycles. The summed E-state index contributed by atoms with van der Waals surface area (Å²) in [5.41, 5.74) is 6.10. The van der Waals surface area contributed by atoms with Gasteiger partial charge in [0.2, 0.25) is 5.91 Å². The van der Waals surface area contributed by atoms with Crippen LogP contribution >= 0.6 is 0 Å². The van der Waals surface area contributed by atoms with Crippen LogP contribution in [0.4, 0.5) is 0 Å². The maximum absolute atomic E-state index is 12.7. The number of hydrogen-bond donors (Lipinski definition) is 2. The van der Waals surface area contributed by atoms with Gasteiger partial charge >= 0.3 is 0 Å². The minimum atomic E-state index is -0.377. The molecule has 0 radical (unpaired) electrons. The van der Waals surface area contributed by atoms with Gasteiger partial charge in [-0.15, -0.1) is 0 Å². The highest BCUT2D eigenvalue weighted by atomic mass is 16.2. The lowest BCUT2D eigenvalue weighted by atomic mass is 9.97. The highest BCUT2D eigenvalue weighted by Crippen LogP contribution is 2.20. The Balaban J connectivity index is 1.85. The standard InChI is InChI=1S/C15H18N6O3/c1-9-11(7-17-21(9)12-4-5-13(22)19-18-12)15(24)20-6-2-3-10(8-20)14(16)23/h4-5,7,10H,2-3,6,8H2,1H3,(H2,16,23)(H,19,22)/t10-/m0/s1. The van der Waals surface area contributed by atoms with E-state index in [1.165, 1.54) is 23.0 Å². The first-order chi connectivity index (χ1) is 11.5. The molecule has 3 rings (SSSR count). The molecule has 0 unspecified atom stereocenters. The van der Waals surface area contributed by atoms with Crippen LogP contribution in [-0.4, -0.2) is 49.8 Å². The second kappa shape index (κ2) is 6.26. The topological polar surface area (TPSA) is 127 Å². The molecule has 9 heteroatoms. The van der Waals surface area contributed by atoms with Gasteiger partial charge in [-0.2, -0.15) is 10.2 Å². The van der Waals surface area contributed by atoms with Crippen molar-refractivity contribution in [1.82, 2.24) is 24.9 Å². The summed E-state index contributed by atoms with van der Waals surface area (Å²) >= 11 is 0. The largest absolute Gasteiger partial charge is 0.369 e. The number of aromatic nitrogens is 4. The molecule has 3 N–H and O–H groups in total. The first-order valence-electron chi connectivity index (χ1n) is 7.66. The van der Waals surface area contributed by atoms with E-state index < -0.39 is 0 Å². The highest BCUT2D eigenvalue weighted by Gasteiger charge is 2.29. The van der Waals surface area contributed by atoms with Crippen molar-refractivity contribution < 1.29 is 9.59 Å². The van der Waals surface area contributed by atoms with Crippen molar-refractivity contribution in [1.29, 1.82) is 0 Å². The number of aromatic amines is 1. The molecule has 2 aromatic rings. The number of piperidine rings is 1. The van der Waals surface area contributed by atoms with Gasteiger partial charge in [0, 0.05) is 19.2 Å². The highest BCUT2D eigenvalue weighted by molar-refractivity contribution is 5.95. The van der Waals surface area contributed by atoms with Crippen molar-refractivity contribution in [2.24, 2.45) is 11.7 Å². The molecule has 24 heavy (non-hydrogen) atoms. The summed E-state index contributed by atoms with van der Waals surface area (Å²) in [7, 11) is 0. The SMILES string of the molecule is Cc1c(C(=O)N2CCC[C@H](C(N)=O)C2)cnn1-c1ccc(=O)[nH]n1. The van der Waals surface area contributed by atoms with Gasteiger partial charge in [0.05, 0.1) is 23.4 Å². The molecule has 3 heterocycles. The van der Waals surface area contributed by atoms with E-state index in [1.54, 1.807) is 11.8 Å². The summed E-state index contributed by atoms with van der Waals surface area (Å²) < 4.78 is 1.48. The van der Waals surface area contributed by atoms with Crippen LogP contribution < -0.4 is 11.3 Å². The van der Waals surface area contributed by atoms with Crippen molar-refractivity contribution >= 4 is 11.8 Å². The van der Waals surface area contributed by atoms with Crippen LogP contribution in [0.2, 0.25) is 0 Å². The van der Waals surface area contributed by atoms with Gasteiger partial charge in [-0.3, -0.25) is 14.4 Å². The molecule has 0 saturated carbocycles. The fraction of sp³-hybridized carbons (Fsp3) is 0.400. The van der Waals surface area contributed by atoms with Crippen LogP contribution in [0.3, 0.4) is 0 Å². The zero-order valence-electron chi connectivity index (χ0n) is 13.2. The van der Waals surface area contributed by atoms with Crippen LogP contribution in [-0.2, 0) is 4.79 Å². The zero-order chi connectivity index (χ0) is 17.3. The van der Waals surface area contributed by atoms with Gasteiger partial charge in [-0.1, -0.05) is 0 Å². The second-order valence-electron chi connectivity index (χ2n) is 5.83. The first-order valence-corrected chi connectivity index (χ1v) is 7.66. The number of carbonyl (C=O) groups excluding carboxylic acids is 2. The Morgan fingerprint density at radius 2 is 2.17 bits per heavy atom. The minimum Gasteiger partial charge on any atom is -0.369 e. The van der Waals surface area contributed by atoms with Gasteiger partial charge in [0.1, 0.15) is 0 Å². The number of rotatable bonds is 3. The quantitative estimate of drug-likeness (QED) is 0.792. The van der Waals surface area contributed by atoms with Crippen LogP contribution in [0.5, 0.6) is 0 Å². The molecule has 0 aliphatic carbocycles. The number of nitrogens with two attached hydrogens (primary N) is 1. The van der Waals surface area contributed by atoms with Crippen LogP contribution in [0.15, 0.2) is 23.1 Å². The third-order valence-corrected chi connectivity index (χ3v) is 4.23. The summed E-state index contributed by atoms with van der Waals surface area (Å²) in [5, 5.41) is 10.4. The van der Waals surface area contributed by atoms with E-state index in [1.807, 2.05) is 0 Å². The second-order valence-corrected chi connectivity index (χ2v) is 5.83. The van der Waals surface area contributed by atoms with E-state index in [4.69, 9.17) is 5.73 Å². The van der Waals surface area contributed by atoms with E-state index in [2.05, 4.69) is 15.3 Å². The molecule has 2 amide bonds. The Morgan fingerprint density at radius 1 is 1.38 bits per heavy atom. The number of amides is 2. The van der Waals surface area contributed by atoms with Crippen molar-refractivity contribution in [2.45, 2.75) is 19.8 Å². The van der Waals surface area contributed by atoms with Crippen LogP contribution in [0.25, 0.3) is 5.82 Å². The van der Waals surface area contributed by atoms with Crippen molar-refractivity contribution in [3.8, 4) is 5.82 Å². The van der Waals surface area contributed by atoms with Gasteiger partial charge < -0.3 is 10.6 Å². The number of primary amides is 1. The Morgan fingerprint density at radius 3 is 2.83 bits per heavy atom. The number of nitrogens with one attached hydrogen (secondary N) is 1. The fourth-order valence-electron chi connectivity index (χ4n) is 2.87. The Kier molecular flexibility index (Phi) is 4.15. The Labute approximate surface area is 137 Å². The number of likely N-dealkylation sites (tertiary alicyclic amines) is 1. The fourth-order valence-corrected chi connectivity index (χ4v) is 2.87. The van der Waals surface area contributed by atoms with E-state index in [9.17, 15) is 14.4 Å². The summed E-state index contributed by atoms with van der Waals surface area (Å²) in [4.78, 5) is 36.8. The molecule has 0 spiro atoms. The van der Waals surface area contributed by atoms with E-state index in [0.717, 1.165) is 6.42 Å². The molecule has 1 aliphatic rings. The molecule has 9 nitrogen and oxygen atoms in total. The third-order valence-electron chi connectivity index (χ3n) is 4.23. The van der Waals surface area contributed by atoms with Crippen molar-refractivity contribution in [3.63, 3.8) is 0 Å². The lowest BCUT2D eigenvalue weighted by Crippen LogP contribution is -2.44. The van der Waals surface area contributed by atoms with Crippen LogP contribution in [0.1, 0.15) is 28.9 Å². The normalized spacial score (nSPS) is 17.7. The van der Waals surface area contributed by atoms with E-state index in [-0.39, 0.29) is 23.3 Å². The number of carbonyl (C=O) groups is 2. The first kappa shape index (κ1) is 15.9. The Hall–Kier alpha value is -2.97. The average molecular weight is 330 g/mol. The third kappa shape index (κ3) is 2.92. The predicted octanol–water partition coefficient (Wildman–Crippen LogP) is -0.398. The average Bonchev–Trinajstić information content (AvgIpc) is 2.96. The molecule has 1 saturated heterocycles. The summed E-state index contributed by atoms with van der Waals surface area (Å²) in [6, 6.07) is 2.87. The van der Waals surface area contributed by atoms with Gasteiger partial charge in [0.15, 0.2) is 5.82 Å². The predicted molar refractivity (Wildman–Crippen MR) is 84.5 cm³/mol. The van der Waals surface area contributed by atoms with Crippen molar-refractivity contribution in [2.75, 3.05) is 13.1 Å².